The maximum atomic E-state index is 11.3. The molecule has 0 saturated heterocycles. The maximum absolute atomic E-state index is 11.3. The van der Waals surface area contributed by atoms with Crippen LogP contribution in [-0.4, -0.2) is 19.9 Å². The fourth-order valence-electron chi connectivity index (χ4n) is 2.35. The summed E-state index contributed by atoms with van der Waals surface area (Å²) in [5.41, 5.74) is 2.45. The second-order valence-electron chi connectivity index (χ2n) is 7.02. The Hall–Kier alpha value is -1.08. The lowest BCUT2D eigenvalue weighted by molar-refractivity contribution is -0.335. The quantitative estimate of drug-likeness (QED) is 0.392. The van der Waals surface area contributed by atoms with Gasteiger partial charge in [-0.15, -0.1) is 5.10 Å². The number of aryl methyl sites for hydroxylation is 1. The SMILES string of the molecule is CC(C)=CCC/C(C)=C\CCn1cc(CC(C)(P(=O)([O-])[O-])P(=O)([O-])[O-])nn1. The zero-order valence-corrected chi connectivity index (χ0v) is 17.7. The van der Waals surface area contributed by atoms with Crippen LogP contribution in [0.25, 0.3) is 0 Å². The van der Waals surface area contributed by atoms with Crippen molar-refractivity contribution >= 4 is 15.2 Å². The van der Waals surface area contributed by atoms with Gasteiger partial charge in [0, 0.05) is 24.1 Å². The van der Waals surface area contributed by atoms with E-state index >= 15 is 0 Å². The summed E-state index contributed by atoms with van der Waals surface area (Å²) in [6.07, 6.45) is 7.30. The van der Waals surface area contributed by atoms with E-state index in [9.17, 15) is 28.7 Å². The number of hydrogen-bond donors (Lipinski definition) is 0. The average Bonchev–Trinajstić information content (AvgIpc) is 2.91. The number of allylic oxidation sites excluding steroid dienone is 4. The van der Waals surface area contributed by atoms with E-state index in [2.05, 4.69) is 22.5 Å². The van der Waals surface area contributed by atoms with E-state index in [0.29, 0.717) is 19.9 Å². The Bertz CT molecular complexity index is 764. The summed E-state index contributed by atoms with van der Waals surface area (Å²) in [5.74, 6) is 0. The molecule has 154 valence electrons. The molecule has 0 unspecified atom stereocenters. The van der Waals surface area contributed by atoms with Crippen LogP contribution >= 0.6 is 15.2 Å². The van der Waals surface area contributed by atoms with Gasteiger partial charge in [-0.05, 0) is 47.0 Å². The van der Waals surface area contributed by atoms with Crippen LogP contribution in [0.4, 0.5) is 0 Å². The molecule has 9 nitrogen and oxygen atoms in total. The molecule has 0 aliphatic heterocycles. The summed E-state index contributed by atoms with van der Waals surface area (Å²) in [4.78, 5) is 42.3. The number of rotatable bonds is 10. The Morgan fingerprint density at radius 1 is 1.11 bits per heavy atom. The van der Waals surface area contributed by atoms with Crippen molar-refractivity contribution in [3.8, 4) is 0 Å². The lowest BCUT2D eigenvalue weighted by Gasteiger charge is -2.57. The first-order valence-electron chi connectivity index (χ1n) is 8.48. The number of hydrogen-bond acceptors (Lipinski definition) is 8. The first-order valence-corrected chi connectivity index (χ1v) is 11.6. The molecule has 0 aliphatic rings. The largest absolute Gasteiger partial charge is 0.810 e. The van der Waals surface area contributed by atoms with Crippen LogP contribution in [-0.2, 0) is 22.1 Å². The van der Waals surface area contributed by atoms with E-state index in [-0.39, 0.29) is 5.69 Å². The summed E-state index contributed by atoms with van der Waals surface area (Å²) in [6.45, 7) is 7.18. The highest BCUT2D eigenvalue weighted by Gasteiger charge is 2.34. The zero-order chi connectivity index (χ0) is 20.9. The van der Waals surface area contributed by atoms with Crippen LogP contribution < -0.4 is 19.6 Å². The van der Waals surface area contributed by atoms with Crippen LogP contribution in [0.1, 0.15) is 52.7 Å². The van der Waals surface area contributed by atoms with E-state index in [1.54, 1.807) is 0 Å². The van der Waals surface area contributed by atoms with Crippen molar-refractivity contribution < 1.29 is 28.7 Å². The number of aromatic nitrogens is 3. The van der Waals surface area contributed by atoms with Crippen molar-refractivity contribution in [3.63, 3.8) is 0 Å². The van der Waals surface area contributed by atoms with Gasteiger partial charge < -0.3 is 28.7 Å². The van der Waals surface area contributed by atoms with Gasteiger partial charge in [-0.1, -0.05) is 43.7 Å². The second kappa shape index (κ2) is 9.41. The first kappa shape index (κ1) is 24.0. The smallest absolute Gasteiger partial charge is 0.0840 e. The van der Waals surface area contributed by atoms with Crippen LogP contribution in [0, 0.1) is 0 Å². The third-order valence-electron chi connectivity index (χ3n) is 4.22. The fourth-order valence-corrected chi connectivity index (χ4v) is 4.26. The first-order chi connectivity index (χ1) is 12.3. The van der Waals surface area contributed by atoms with E-state index in [4.69, 9.17) is 0 Å². The zero-order valence-electron chi connectivity index (χ0n) is 16.0. The normalized spacial score (nSPS) is 13.7. The lowest BCUT2D eigenvalue weighted by Crippen LogP contribution is -2.45. The van der Waals surface area contributed by atoms with Gasteiger partial charge in [-0.25, -0.2) is 0 Å². The maximum Gasteiger partial charge on any atom is 0.0840 e. The van der Waals surface area contributed by atoms with Crippen molar-refractivity contribution in [2.24, 2.45) is 0 Å². The molecular weight excluding hydrogens is 392 g/mol. The number of nitrogens with zero attached hydrogens (tertiary/aromatic N) is 3. The molecule has 1 aromatic rings. The van der Waals surface area contributed by atoms with Crippen LogP contribution in [0.5, 0.6) is 0 Å². The van der Waals surface area contributed by atoms with Crippen molar-refractivity contribution in [3.05, 3.63) is 35.2 Å². The van der Waals surface area contributed by atoms with Crippen molar-refractivity contribution in [2.75, 3.05) is 0 Å². The third kappa shape index (κ3) is 7.11. The molecule has 27 heavy (non-hydrogen) atoms. The molecule has 1 rings (SSSR count). The van der Waals surface area contributed by atoms with Gasteiger partial charge in [0.1, 0.15) is 0 Å². The molecule has 0 radical (unpaired) electrons. The molecule has 0 fully saturated rings. The second-order valence-corrected chi connectivity index (χ2v) is 11.3. The van der Waals surface area contributed by atoms with Crippen LogP contribution in [0.15, 0.2) is 29.5 Å². The predicted molar refractivity (Wildman–Crippen MR) is 94.4 cm³/mol. The molecule has 1 aromatic heterocycles. The monoisotopic (exact) mass is 417 g/mol. The summed E-state index contributed by atoms with van der Waals surface area (Å²) in [7, 11) is -11.4. The highest BCUT2D eigenvalue weighted by molar-refractivity contribution is 7.69. The van der Waals surface area contributed by atoms with Crippen molar-refractivity contribution in [1.29, 1.82) is 0 Å². The molecule has 0 saturated carbocycles. The molecule has 0 atom stereocenters. The molecule has 0 amide bonds. The Balaban J connectivity index is 2.72. The van der Waals surface area contributed by atoms with Crippen molar-refractivity contribution in [1.82, 2.24) is 15.0 Å². The van der Waals surface area contributed by atoms with Crippen LogP contribution in [0.3, 0.4) is 0 Å². The Kier molecular flexibility index (Phi) is 8.35. The van der Waals surface area contributed by atoms with Gasteiger partial charge in [0.05, 0.1) is 5.69 Å². The Morgan fingerprint density at radius 2 is 1.70 bits per heavy atom. The minimum absolute atomic E-state index is 0.0411. The highest BCUT2D eigenvalue weighted by Crippen LogP contribution is 2.61. The van der Waals surface area contributed by atoms with Gasteiger partial charge in [0.25, 0.3) is 0 Å². The Labute approximate surface area is 159 Å². The highest BCUT2D eigenvalue weighted by atomic mass is 31.2. The molecule has 0 N–H and O–H groups in total. The predicted octanol–water partition coefficient (Wildman–Crippen LogP) is 0.447. The summed E-state index contributed by atoms with van der Waals surface area (Å²) >= 11 is 0. The molecule has 11 heteroatoms. The minimum atomic E-state index is -5.70. The van der Waals surface area contributed by atoms with E-state index in [0.717, 1.165) is 12.8 Å². The topological polar surface area (TPSA) is 157 Å². The summed E-state index contributed by atoms with van der Waals surface area (Å²) in [5, 5.41) is 7.47. The minimum Gasteiger partial charge on any atom is -0.810 e. The van der Waals surface area contributed by atoms with Crippen LogP contribution in [0.2, 0.25) is 0 Å². The van der Waals surface area contributed by atoms with Crippen molar-refractivity contribution in [2.45, 2.75) is 64.8 Å². The fraction of sp³-hybridized carbons (Fsp3) is 0.625. The molecule has 0 aromatic carbocycles. The standard InChI is InChI=1S/C16H29N3O6P2/c1-13(2)7-5-8-14(3)9-6-10-19-12-15(17-18-19)11-16(4,26(20,21)22)27(23,24)25/h7,9,12H,5-6,8,10-11H2,1-4H3,(H2,20,21,22)(H2,23,24,25)/p-4/b14-9-. The Morgan fingerprint density at radius 3 is 2.22 bits per heavy atom. The van der Waals surface area contributed by atoms with Gasteiger partial charge >= 0.3 is 0 Å². The van der Waals surface area contributed by atoms with E-state index < -0.39 is 26.5 Å². The van der Waals surface area contributed by atoms with Gasteiger partial charge in [0.2, 0.25) is 0 Å². The molecule has 0 aliphatic carbocycles. The van der Waals surface area contributed by atoms with Gasteiger partial charge in [-0.2, -0.15) is 0 Å². The van der Waals surface area contributed by atoms with E-state index in [1.165, 1.54) is 22.0 Å². The summed E-state index contributed by atoms with van der Waals surface area (Å²) < 4.78 is 24.1. The molecule has 0 spiro atoms. The third-order valence-corrected chi connectivity index (χ3v) is 8.37. The van der Waals surface area contributed by atoms with E-state index in [1.807, 2.05) is 20.8 Å². The molecular formula is C16H25N3O6P2-4. The van der Waals surface area contributed by atoms with Gasteiger partial charge in [0.15, 0.2) is 0 Å². The lowest BCUT2D eigenvalue weighted by atomic mass is 10.1. The molecule has 0 bridgehead atoms. The summed E-state index contributed by atoms with van der Waals surface area (Å²) in [6, 6.07) is 0. The molecule has 1 heterocycles. The average molecular weight is 417 g/mol. The van der Waals surface area contributed by atoms with Gasteiger partial charge in [-0.3, -0.25) is 4.68 Å².